The second kappa shape index (κ2) is 15.6. The number of hydrogen-bond donors (Lipinski definition) is 4. The van der Waals surface area contributed by atoms with Crippen molar-refractivity contribution in [3.05, 3.63) is 0 Å². The minimum atomic E-state index is -0.881. The first kappa shape index (κ1) is 23.7. The maximum Gasteiger partial charge on any atom is 0.313 e. The largest absolute Gasteiger partial charge is 0.481 e. The number of aliphatic carboxylic acids is 1. The van der Waals surface area contributed by atoms with Crippen LogP contribution in [0.2, 0.25) is 0 Å². The molecule has 54 valence electrons. The molecule has 7 N–H and O–H groups in total. The topological polar surface area (TPSA) is 107 Å². The van der Waals surface area contributed by atoms with Crippen LogP contribution in [0.4, 0.5) is 0 Å². The van der Waals surface area contributed by atoms with Gasteiger partial charge in [0.05, 0.1) is 5.75 Å². The summed E-state index contributed by atoms with van der Waals surface area (Å²) in [5.74, 6) is -0.965. The molecule has 0 rings (SSSR count). The van der Waals surface area contributed by atoms with Gasteiger partial charge in [0.1, 0.15) is 0 Å². The fourth-order valence-electron chi connectivity index (χ4n) is 0. The summed E-state index contributed by atoms with van der Waals surface area (Å²) in [4.78, 5) is 9.29. The molecule has 8 heavy (non-hydrogen) atoms. The van der Waals surface area contributed by atoms with Gasteiger partial charge in [0.25, 0.3) is 0 Å². The molecule has 0 aliphatic rings. The van der Waals surface area contributed by atoms with E-state index in [-0.39, 0.29) is 42.0 Å². The van der Waals surface area contributed by atoms with Crippen molar-refractivity contribution in [3.63, 3.8) is 0 Å². The van der Waals surface area contributed by atoms with Crippen molar-refractivity contribution in [2.24, 2.45) is 0 Å². The third kappa shape index (κ3) is 31.7. The van der Waals surface area contributed by atoms with Gasteiger partial charge >= 0.3 is 5.97 Å². The minimum absolute atomic E-state index is 0. The lowest BCUT2D eigenvalue weighted by Gasteiger charge is -1.71. The smallest absolute Gasteiger partial charge is 0.313 e. The van der Waals surface area contributed by atoms with Crippen molar-refractivity contribution in [2.75, 3.05) is 5.75 Å². The third-order valence-corrected chi connectivity index (χ3v) is 0.406. The van der Waals surface area contributed by atoms with Gasteiger partial charge in [-0.15, -0.1) is 24.0 Å². The van der Waals surface area contributed by atoms with Gasteiger partial charge in [-0.1, -0.05) is 0 Å². The lowest BCUT2D eigenvalue weighted by Crippen LogP contribution is -1.92. The normalized spacial score (nSPS) is 4.62. The zero-order valence-electron chi connectivity index (χ0n) is 4.33. The molecule has 0 fully saturated rings. The molecule has 0 aromatic carbocycles. The van der Waals surface area contributed by atoms with Crippen LogP contribution in [0.5, 0.6) is 0 Å². The van der Waals surface area contributed by atoms with Crippen LogP contribution < -0.4 is 12.3 Å². The molecule has 0 saturated carbocycles. The number of thiol groups is 1. The number of carboxylic acid groups (broad SMARTS) is 1. The van der Waals surface area contributed by atoms with Gasteiger partial charge in [-0.05, 0) is 0 Å². The zero-order valence-corrected chi connectivity index (χ0v) is 7.56. The molecule has 0 heterocycles. The van der Waals surface area contributed by atoms with E-state index in [2.05, 4.69) is 12.6 Å². The van der Waals surface area contributed by atoms with Crippen LogP contribution in [0.15, 0.2) is 0 Å². The molecule has 6 heteroatoms. The predicted molar refractivity (Wildman–Crippen MR) is 46.9 cm³/mol. The van der Waals surface area contributed by atoms with Gasteiger partial charge in [0.2, 0.25) is 0 Å². The SMILES string of the molecule is I.N.N.O=C(O)CS. The van der Waals surface area contributed by atoms with Crippen LogP contribution in [0.25, 0.3) is 0 Å². The van der Waals surface area contributed by atoms with Crippen molar-refractivity contribution in [1.29, 1.82) is 0 Å². The van der Waals surface area contributed by atoms with Gasteiger partial charge in [-0.25, -0.2) is 0 Å². The van der Waals surface area contributed by atoms with Gasteiger partial charge in [0, 0.05) is 0 Å². The van der Waals surface area contributed by atoms with E-state index in [1.165, 1.54) is 0 Å². The number of halogens is 1. The maximum absolute atomic E-state index is 9.29. The van der Waals surface area contributed by atoms with Crippen LogP contribution >= 0.6 is 36.6 Å². The van der Waals surface area contributed by atoms with Crippen molar-refractivity contribution in [1.82, 2.24) is 12.3 Å². The average Bonchev–Trinajstić information content (AvgIpc) is 1.38. The molecule has 0 aliphatic heterocycles. The molecular formula is C2H11IN2O2S. The van der Waals surface area contributed by atoms with Crippen LogP contribution in [-0.4, -0.2) is 16.8 Å². The Hall–Kier alpha value is 0.470. The molecular weight excluding hydrogens is 243 g/mol. The Morgan fingerprint density at radius 2 is 1.62 bits per heavy atom. The Balaban J connectivity index is -0.0000000267. The Kier molecular flexibility index (Phi) is 46.3. The highest BCUT2D eigenvalue weighted by Gasteiger charge is 1.81. The minimum Gasteiger partial charge on any atom is -0.481 e. The van der Waals surface area contributed by atoms with E-state index in [9.17, 15) is 4.79 Å². The van der Waals surface area contributed by atoms with Crippen LogP contribution in [0.3, 0.4) is 0 Å². The molecule has 0 aromatic heterocycles. The summed E-state index contributed by atoms with van der Waals surface area (Å²) < 4.78 is 0. The van der Waals surface area contributed by atoms with Crippen molar-refractivity contribution in [2.45, 2.75) is 0 Å². The van der Waals surface area contributed by atoms with E-state index in [1.54, 1.807) is 0 Å². The molecule has 0 saturated heterocycles. The molecule has 4 nitrogen and oxygen atoms in total. The molecule has 0 aromatic rings. The summed E-state index contributed by atoms with van der Waals surface area (Å²) in [5.41, 5.74) is 0. The monoisotopic (exact) mass is 254 g/mol. The van der Waals surface area contributed by atoms with Crippen LogP contribution in [-0.2, 0) is 4.79 Å². The highest BCUT2D eigenvalue weighted by molar-refractivity contribution is 14.0. The Bertz CT molecular complexity index is 53.3. The Labute approximate surface area is 70.6 Å². The highest BCUT2D eigenvalue weighted by atomic mass is 127. The Morgan fingerprint density at radius 1 is 1.50 bits per heavy atom. The Morgan fingerprint density at radius 3 is 1.62 bits per heavy atom. The number of carboxylic acids is 1. The highest BCUT2D eigenvalue weighted by Crippen LogP contribution is 1.66. The summed E-state index contributed by atoms with van der Waals surface area (Å²) in [5, 5.41) is 7.65. The van der Waals surface area contributed by atoms with Crippen molar-refractivity contribution >= 4 is 42.6 Å². The van der Waals surface area contributed by atoms with E-state index in [0.29, 0.717) is 0 Å². The predicted octanol–water partition coefficient (Wildman–Crippen LogP) is 0.943. The fourth-order valence-corrected chi connectivity index (χ4v) is 0. The van der Waals surface area contributed by atoms with Gasteiger partial charge in [-0.3, -0.25) is 4.79 Å². The number of carbonyl (C=O) groups is 1. The van der Waals surface area contributed by atoms with E-state index in [4.69, 9.17) is 5.11 Å². The summed E-state index contributed by atoms with van der Waals surface area (Å²) in [6.07, 6.45) is 0. The fraction of sp³-hybridized carbons (Fsp3) is 0.500. The number of hydrogen-bond acceptors (Lipinski definition) is 4. The first-order valence-electron chi connectivity index (χ1n) is 1.10. The molecule has 0 amide bonds. The first-order chi connectivity index (χ1) is 2.27. The standard InChI is InChI=1S/C2H4O2S.HI.2H3N/c3-2(4)1-5;;;/h5H,1H2,(H,3,4);1H;2*1H3. The molecule has 0 spiro atoms. The van der Waals surface area contributed by atoms with Gasteiger partial charge < -0.3 is 17.4 Å². The summed E-state index contributed by atoms with van der Waals surface area (Å²) in [7, 11) is 0. The lowest BCUT2D eigenvalue weighted by atomic mass is 10.8. The molecule has 0 radical (unpaired) electrons. The zero-order chi connectivity index (χ0) is 4.28. The lowest BCUT2D eigenvalue weighted by molar-refractivity contribution is -0.133. The van der Waals surface area contributed by atoms with E-state index >= 15 is 0 Å². The summed E-state index contributed by atoms with van der Waals surface area (Å²) >= 11 is 3.42. The van der Waals surface area contributed by atoms with Gasteiger partial charge in [-0.2, -0.15) is 12.6 Å². The molecule has 0 atom stereocenters. The van der Waals surface area contributed by atoms with Gasteiger partial charge in [0.15, 0.2) is 0 Å². The average molecular weight is 254 g/mol. The summed E-state index contributed by atoms with van der Waals surface area (Å²) in [6, 6.07) is 0. The van der Waals surface area contributed by atoms with E-state index in [0.717, 1.165) is 0 Å². The first-order valence-corrected chi connectivity index (χ1v) is 1.73. The molecule has 0 unspecified atom stereocenters. The van der Waals surface area contributed by atoms with Crippen molar-refractivity contribution < 1.29 is 9.90 Å². The molecule has 0 aliphatic carbocycles. The van der Waals surface area contributed by atoms with E-state index < -0.39 is 5.97 Å². The molecule has 0 bridgehead atoms. The quantitative estimate of drug-likeness (QED) is 0.412. The third-order valence-electron chi connectivity index (χ3n) is 0.135. The second-order valence-electron chi connectivity index (χ2n) is 0.552. The van der Waals surface area contributed by atoms with Crippen LogP contribution in [0.1, 0.15) is 0 Å². The number of rotatable bonds is 1. The summed E-state index contributed by atoms with van der Waals surface area (Å²) in [6.45, 7) is 0. The second-order valence-corrected chi connectivity index (χ2v) is 0.868. The maximum atomic E-state index is 9.29. The van der Waals surface area contributed by atoms with Crippen molar-refractivity contribution in [3.8, 4) is 0 Å². The van der Waals surface area contributed by atoms with Crippen LogP contribution in [0, 0.1) is 0 Å². The van der Waals surface area contributed by atoms with E-state index in [1.807, 2.05) is 0 Å².